The molecule has 0 saturated heterocycles. The van der Waals surface area contributed by atoms with Crippen LogP contribution in [0.3, 0.4) is 0 Å². The first kappa shape index (κ1) is 54.1. The van der Waals surface area contributed by atoms with Crippen molar-refractivity contribution < 1.29 is 44.8 Å². The zero-order valence-electron chi connectivity index (χ0n) is 36.9. The third-order valence-corrected chi connectivity index (χ3v) is 13.3. The Kier molecular flexibility index (Phi) is 19.4. The van der Waals surface area contributed by atoms with Crippen molar-refractivity contribution in [3.8, 4) is 0 Å². The van der Waals surface area contributed by atoms with Crippen LogP contribution in [0.1, 0.15) is 65.0 Å². The molecule has 0 spiro atoms. The van der Waals surface area contributed by atoms with E-state index in [1.54, 1.807) is 0 Å². The molecule has 2 fully saturated rings. The molecule has 0 aliphatic heterocycles. The number of benzene rings is 6. The van der Waals surface area contributed by atoms with E-state index in [2.05, 4.69) is 26.0 Å². The molecule has 8 rings (SSSR count). The normalized spacial score (nSPS) is 13.8. The number of carbonyl (C=O) groups excluding carboxylic acids is 4. The van der Waals surface area contributed by atoms with Gasteiger partial charge in [-0.05, 0) is 134 Å². The van der Waals surface area contributed by atoms with E-state index in [0.717, 1.165) is 36.1 Å². The van der Waals surface area contributed by atoms with Crippen LogP contribution in [-0.2, 0) is 41.5 Å². The number of sulfonamides is 1. The minimum absolute atomic E-state index is 0. The number of amides is 4. The fourth-order valence-electron chi connectivity index (χ4n) is 6.27. The van der Waals surface area contributed by atoms with Crippen LogP contribution in [0.4, 0.5) is 20.2 Å². The Balaban J connectivity index is 0.000000239. The smallest absolute Gasteiger partial charge is 0.261 e. The molecule has 2 aliphatic carbocycles. The van der Waals surface area contributed by atoms with Crippen molar-refractivity contribution in [3.05, 3.63) is 192 Å². The summed E-state index contributed by atoms with van der Waals surface area (Å²) in [7, 11) is -2.18. The van der Waals surface area contributed by atoms with Gasteiger partial charge in [0.25, 0.3) is 20.9 Å². The molecular formula is C51H53ClF2N6O8S2. The van der Waals surface area contributed by atoms with E-state index in [4.69, 9.17) is 16.4 Å². The summed E-state index contributed by atoms with van der Waals surface area (Å²) in [6.45, 7) is 0. The van der Waals surface area contributed by atoms with Crippen molar-refractivity contribution in [2.24, 2.45) is 5.73 Å². The van der Waals surface area contributed by atoms with Gasteiger partial charge < -0.3 is 27.0 Å². The molecule has 14 nitrogen and oxygen atoms in total. The monoisotopic (exact) mass is 1010 g/mol. The van der Waals surface area contributed by atoms with E-state index in [9.17, 15) is 44.8 Å². The van der Waals surface area contributed by atoms with Gasteiger partial charge in [-0.1, -0.05) is 68.1 Å². The second-order valence-electron chi connectivity index (χ2n) is 16.1. The second-order valence-corrected chi connectivity index (χ2v) is 20.4. The van der Waals surface area contributed by atoms with E-state index in [-0.39, 0.29) is 47.2 Å². The number of hydrogen-bond donors (Lipinski definition) is 6. The van der Waals surface area contributed by atoms with Gasteiger partial charge in [0, 0.05) is 58.1 Å². The summed E-state index contributed by atoms with van der Waals surface area (Å²) in [5.41, 5.74) is 8.06. The Morgan fingerprint density at radius 3 is 1.23 bits per heavy atom. The third kappa shape index (κ3) is 17.6. The van der Waals surface area contributed by atoms with Crippen molar-refractivity contribution in [2.75, 3.05) is 10.6 Å². The highest BCUT2D eigenvalue weighted by atomic mass is 35.7. The number of halogens is 3. The lowest BCUT2D eigenvalue weighted by molar-refractivity contribution is -0.118. The van der Waals surface area contributed by atoms with Gasteiger partial charge in [0.2, 0.25) is 21.8 Å². The predicted molar refractivity (Wildman–Crippen MR) is 266 cm³/mol. The van der Waals surface area contributed by atoms with Crippen LogP contribution in [0.25, 0.3) is 0 Å². The average Bonchev–Trinajstić information content (AvgIpc) is 4.29. The first-order valence-corrected chi connectivity index (χ1v) is 25.5. The summed E-state index contributed by atoms with van der Waals surface area (Å²) in [6, 6.07) is 38.2. The zero-order valence-corrected chi connectivity index (χ0v) is 39.2. The molecule has 0 unspecified atom stereocenters. The maximum atomic E-state index is 13.2. The van der Waals surface area contributed by atoms with Crippen molar-refractivity contribution in [1.82, 2.24) is 15.4 Å². The van der Waals surface area contributed by atoms with E-state index < -0.39 is 66.4 Å². The van der Waals surface area contributed by atoms with Crippen molar-refractivity contribution in [2.45, 2.75) is 79.9 Å². The van der Waals surface area contributed by atoms with Gasteiger partial charge in [0.15, 0.2) is 0 Å². The van der Waals surface area contributed by atoms with Crippen LogP contribution in [0, 0.1) is 11.6 Å². The molecule has 7 N–H and O–H groups in total. The molecule has 19 heteroatoms. The first-order valence-electron chi connectivity index (χ1n) is 21.7. The number of nitrogens with two attached hydrogens (primary N) is 1. The summed E-state index contributed by atoms with van der Waals surface area (Å²) >= 11 is 0. The van der Waals surface area contributed by atoms with Crippen LogP contribution in [0.5, 0.6) is 0 Å². The van der Waals surface area contributed by atoms with E-state index in [0.29, 0.717) is 17.4 Å². The Morgan fingerprint density at radius 1 is 0.543 bits per heavy atom. The maximum absolute atomic E-state index is 13.2. The molecule has 0 heterocycles. The summed E-state index contributed by atoms with van der Waals surface area (Å²) in [5, 5.41) is 10.8. The van der Waals surface area contributed by atoms with Gasteiger partial charge in [-0.2, -0.15) is 0 Å². The van der Waals surface area contributed by atoms with Crippen LogP contribution in [0.15, 0.2) is 168 Å². The SMILES string of the molecule is C.NC1CC1.O=C(N[C@@H](Cc1ccccc1)C(=O)Nc1ccc(S(=O)(=O)Cl)cc1)c1ccc(F)cc1.O=C(N[C@@H](Cc1ccccc1)C(=O)Nc1ccc(S(=O)(=O)NC2CC2)cc1)c1ccc(F)cc1. The quantitative estimate of drug-likeness (QED) is 0.0522. The number of rotatable bonds is 16. The van der Waals surface area contributed by atoms with Crippen molar-refractivity contribution in [3.63, 3.8) is 0 Å². The highest BCUT2D eigenvalue weighted by Gasteiger charge is 2.28. The lowest BCUT2D eigenvalue weighted by Gasteiger charge is -2.19. The Morgan fingerprint density at radius 2 is 0.900 bits per heavy atom. The Hall–Kier alpha value is -6.83. The van der Waals surface area contributed by atoms with Gasteiger partial charge >= 0.3 is 0 Å². The minimum Gasteiger partial charge on any atom is -0.340 e. The standard InChI is InChI=1S/C25H24FN3O4S.C22H18ClFN2O4S.C3H7N.CH4/c26-19-8-6-18(7-9-19)24(30)28-23(16-17-4-2-1-3-5-17)25(31)27-20-12-14-22(15-13-20)34(32,33)29-21-10-11-21;23-31(29,30)19-12-10-18(11-13-19)25-22(28)20(14-15-4-2-1-3-5-15)26-21(27)16-6-8-17(24)9-7-16;4-3-1-2-3;/h1-9,12-15,21,23,29H,10-11,16H2,(H,27,31)(H,28,30);1-13,20H,14H2,(H,25,28)(H,26,27);3H,1-2,4H2;1H4/t23-;20-;;/m00../s1. The van der Waals surface area contributed by atoms with Gasteiger partial charge in [0.05, 0.1) is 9.79 Å². The number of nitrogens with one attached hydrogen (secondary N) is 5. The number of hydrogen-bond acceptors (Lipinski definition) is 9. The molecule has 2 aliphatic rings. The molecule has 0 bridgehead atoms. The van der Waals surface area contributed by atoms with Gasteiger partial charge in [-0.3, -0.25) is 19.2 Å². The number of carbonyl (C=O) groups is 4. The predicted octanol–water partition coefficient (Wildman–Crippen LogP) is 7.72. The van der Waals surface area contributed by atoms with Crippen molar-refractivity contribution in [1.29, 1.82) is 0 Å². The van der Waals surface area contributed by atoms with Gasteiger partial charge in [0.1, 0.15) is 23.7 Å². The molecular weight excluding hydrogens is 962 g/mol. The van der Waals surface area contributed by atoms with Gasteiger partial charge in [-0.25, -0.2) is 30.3 Å². The molecule has 368 valence electrons. The molecule has 2 saturated carbocycles. The van der Waals surface area contributed by atoms with Crippen LogP contribution in [0.2, 0.25) is 0 Å². The lowest BCUT2D eigenvalue weighted by atomic mass is 10.0. The van der Waals surface area contributed by atoms with Crippen LogP contribution < -0.4 is 31.7 Å². The average molecular weight is 1020 g/mol. The molecule has 0 aromatic heterocycles. The molecule has 4 amide bonds. The van der Waals surface area contributed by atoms with Gasteiger partial charge in [-0.15, -0.1) is 0 Å². The van der Waals surface area contributed by atoms with E-state index in [1.165, 1.54) is 97.8 Å². The lowest BCUT2D eigenvalue weighted by Crippen LogP contribution is -2.45. The third-order valence-electron chi connectivity index (χ3n) is 10.4. The highest BCUT2D eigenvalue weighted by molar-refractivity contribution is 8.13. The summed E-state index contributed by atoms with van der Waals surface area (Å²) in [5.74, 6) is -2.94. The molecule has 0 radical (unpaired) electrons. The summed E-state index contributed by atoms with van der Waals surface area (Å²) in [4.78, 5) is 51.2. The topological polar surface area (TPSA) is 223 Å². The minimum atomic E-state index is -3.88. The molecule has 70 heavy (non-hydrogen) atoms. The first-order chi connectivity index (χ1) is 32.9. The summed E-state index contributed by atoms with van der Waals surface area (Å²) in [6.07, 6.45) is 4.64. The molecule has 6 aromatic rings. The maximum Gasteiger partial charge on any atom is 0.261 e. The largest absolute Gasteiger partial charge is 0.340 e. The van der Waals surface area contributed by atoms with Crippen molar-refractivity contribution >= 4 is 64.8 Å². The Labute approximate surface area is 410 Å². The Bertz CT molecular complexity index is 2910. The molecule has 6 aromatic carbocycles. The molecule has 2 atom stereocenters. The van der Waals surface area contributed by atoms with Crippen LogP contribution >= 0.6 is 10.7 Å². The number of anilines is 2. The van der Waals surface area contributed by atoms with E-state index in [1.807, 2.05) is 60.7 Å². The second kappa shape index (κ2) is 25.2. The fraction of sp³-hybridized carbons (Fsp3) is 0.216. The fourth-order valence-corrected chi connectivity index (χ4v) is 8.34. The highest BCUT2D eigenvalue weighted by Crippen LogP contribution is 2.23. The summed E-state index contributed by atoms with van der Waals surface area (Å²) < 4.78 is 76.3. The van der Waals surface area contributed by atoms with Crippen LogP contribution in [-0.4, -0.2) is 64.6 Å². The van der Waals surface area contributed by atoms with E-state index >= 15 is 0 Å². The zero-order chi connectivity index (χ0) is 49.6.